The van der Waals surface area contributed by atoms with Crippen LogP contribution in [0.25, 0.3) is 111 Å². The highest BCUT2D eigenvalue weighted by Crippen LogP contribution is 2.54. The van der Waals surface area contributed by atoms with Gasteiger partial charge in [-0.05, 0) is 215 Å². The molecule has 0 saturated carbocycles. The number of hydrogen-bond acceptors (Lipinski definition) is 3. The molecule has 0 aliphatic carbocycles. The van der Waals surface area contributed by atoms with E-state index in [1.54, 1.807) is 0 Å². The van der Waals surface area contributed by atoms with Crippen molar-refractivity contribution >= 4 is 118 Å². The fourth-order valence-corrected chi connectivity index (χ4v) is 18.1. The van der Waals surface area contributed by atoms with Crippen LogP contribution in [0.3, 0.4) is 0 Å². The van der Waals surface area contributed by atoms with Crippen molar-refractivity contribution in [3.8, 4) is 67.0 Å². The second-order valence-electron chi connectivity index (χ2n) is 34.1. The molecule has 0 bridgehead atoms. The standard InChI is InChI=1S/C108H88BN5/c1-106(2,3)79-40-29-39-75(62-79)76-49-57-94-100(65-76)114(105-88(73-35-19-12-20-36-73)45-30-46-89(105)74-37-21-13-22-38-74)103-70-87(110(82-41-23-14-24-42-82)83-52-54-84(55-53-83)111-96-47-27-25-43-90(96)91-44-26-28-48-97(91)111)69-102-104(103)109(94)95-58-56-85(112-98-59-50-80(107(4,5)6)66-92(98)93-67-81(108(7,8)9)51-60-99(93)112)68-101(95)113(102)86-63-77(71-31-15-10-16-32-71)61-78(64-86)72-33-17-11-18-34-72/h10-70H,1-9H3. The van der Waals surface area contributed by atoms with Gasteiger partial charge in [-0.15, -0.1) is 0 Å². The average Bonchev–Trinajstić information content (AvgIpc) is 0.819. The third kappa shape index (κ3) is 11.9. The minimum Gasteiger partial charge on any atom is -0.311 e. The monoisotopic (exact) mass is 1470 g/mol. The Kier molecular flexibility index (Phi) is 16.7. The minimum absolute atomic E-state index is 0.0720. The van der Waals surface area contributed by atoms with Crippen LogP contribution >= 0.6 is 0 Å². The number of benzene rings is 16. The number of nitrogens with zero attached hydrogens (tertiary/aromatic N) is 5. The zero-order valence-electron chi connectivity index (χ0n) is 66.0. The molecule has 0 atom stereocenters. The fourth-order valence-electron chi connectivity index (χ4n) is 18.1. The maximum atomic E-state index is 2.69. The van der Waals surface area contributed by atoms with Crippen LogP contribution in [0.2, 0.25) is 0 Å². The van der Waals surface area contributed by atoms with Crippen LogP contribution in [0.1, 0.15) is 79.0 Å². The lowest BCUT2D eigenvalue weighted by Gasteiger charge is -2.46. The Morgan fingerprint density at radius 1 is 0.237 bits per heavy atom. The van der Waals surface area contributed by atoms with E-state index in [0.29, 0.717) is 0 Å². The summed E-state index contributed by atoms with van der Waals surface area (Å²) >= 11 is 0. The third-order valence-electron chi connectivity index (χ3n) is 23.9. The van der Waals surface area contributed by atoms with Crippen LogP contribution in [-0.4, -0.2) is 15.8 Å². The van der Waals surface area contributed by atoms with Gasteiger partial charge in [-0.25, -0.2) is 0 Å². The number of anilines is 9. The lowest BCUT2D eigenvalue weighted by molar-refractivity contribution is 0.590. The van der Waals surface area contributed by atoms with Gasteiger partial charge in [0.1, 0.15) is 0 Å². The molecule has 114 heavy (non-hydrogen) atoms. The summed E-state index contributed by atoms with van der Waals surface area (Å²) in [5, 5.41) is 4.96. The van der Waals surface area contributed by atoms with Crippen LogP contribution in [0, 0.1) is 0 Å². The van der Waals surface area contributed by atoms with Crippen molar-refractivity contribution in [1.29, 1.82) is 0 Å². The van der Waals surface area contributed by atoms with Gasteiger partial charge in [-0.1, -0.05) is 311 Å². The molecule has 20 rings (SSSR count). The molecular formula is C108H88BN5. The molecule has 16 aromatic carbocycles. The Bertz CT molecular complexity index is 6540. The molecule has 548 valence electrons. The van der Waals surface area contributed by atoms with Crippen molar-refractivity contribution in [2.24, 2.45) is 0 Å². The zero-order valence-corrected chi connectivity index (χ0v) is 66.0. The predicted octanol–water partition coefficient (Wildman–Crippen LogP) is 27.7. The number of para-hydroxylation sites is 4. The first-order chi connectivity index (χ1) is 55.4. The third-order valence-corrected chi connectivity index (χ3v) is 23.9. The summed E-state index contributed by atoms with van der Waals surface area (Å²) in [7, 11) is 0. The van der Waals surface area contributed by atoms with Crippen molar-refractivity contribution in [2.45, 2.75) is 78.6 Å². The summed E-state index contributed by atoms with van der Waals surface area (Å²) in [6, 6.07) is 140. The Morgan fingerprint density at radius 3 is 1.18 bits per heavy atom. The molecule has 0 unspecified atom stereocenters. The summed E-state index contributed by atoms with van der Waals surface area (Å²) in [6.45, 7) is 20.7. The summed E-state index contributed by atoms with van der Waals surface area (Å²) < 4.78 is 4.97. The van der Waals surface area contributed by atoms with Crippen molar-refractivity contribution in [1.82, 2.24) is 9.13 Å². The van der Waals surface area contributed by atoms with Gasteiger partial charge < -0.3 is 23.8 Å². The number of rotatable bonds is 12. The maximum Gasteiger partial charge on any atom is 0.252 e. The summed E-state index contributed by atoms with van der Waals surface area (Å²) in [6.07, 6.45) is 0. The largest absolute Gasteiger partial charge is 0.311 e. The summed E-state index contributed by atoms with van der Waals surface area (Å²) in [5.41, 5.74) is 35.1. The van der Waals surface area contributed by atoms with Gasteiger partial charge in [0.05, 0.1) is 33.4 Å². The van der Waals surface area contributed by atoms with Crippen LogP contribution in [-0.2, 0) is 16.2 Å². The molecule has 4 heterocycles. The first kappa shape index (κ1) is 69.8. The van der Waals surface area contributed by atoms with Gasteiger partial charge in [0.15, 0.2) is 0 Å². The smallest absolute Gasteiger partial charge is 0.252 e. The molecule has 2 aromatic heterocycles. The Morgan fingerprint density at radius 2 is 0.649 bits per heavy atom. The number of fused-ring (bicyclic) bond motifs is 10. The van der Waals surface area contributed by atoms with Gasteiger partial charge in [0.2, 0.25) is 0 Å². The van der Waals surface area contributed by atoms with Crippen molar-refractivity contribution in [2.75, 3.05) is 14.7 Å². The average molecular weight is 1470 g/mol. The van der Waals surface area contributed by atoms with E-state index in [1.165, 1.54) is 82.3 Å². The molecule has 0 spiro atoms. The quantitative estimate of drug-likeness (QED) is 0.114. The van der Waals surface area contributed by atoms with E-state index in [-0.39, 0.29) is 23.0 Å². The fraction of sp³-hybridized carbons (Fsp3) is 0.111. The van der Waals surface area contributed by atoms with Crippen LogP contribution < -0.4 is 31.1 Å². The van der Waals surface area contributed by atoms with Gasteiger partial charge in [0, 0.05) is 83.9 Å². The Hall–Kier alpha value is -13.4. The van der Waals surface area contributed by atoms with E-state index in [2.05, 4.69) is 456 Å². The highest BCUT2D eigenvalue weighted by molar-refractivity contribution is 7.00. The zero-order chi connectivity index (χ0) is 77.3. The molecule has 6 heteroatoms. The van der Waals surface area contributed by atoms with Gasteiger partial charge in [0.25, 0.3) is 6.71 Å². The van der Waals surface area contributed by atoms with Crippen LogP contribution in [0.15, 0.2) is 370 Å². The number of aromatic nitrogens is 2. The van der Waals surface area contributed by atoms with E-state index in [1.807, 2.05) is 0 Å². The van der Waals surface area contributed by atoms with Crippen molar-refractivity contribution in [3.63, 3.8) is 0 Å². The van der Waals surface area contributed by atoms with Crippen molar-refractivity contribution in [3.05, 3.63) is 387 Å². The SMILES string of the molecule is CC(C)(C)c1cccc(-c2ccc3c(c2)N(c2c(-c4ccccc4)cccc2-c2ccccc2)c2cc(N(c4ccccc4)c4ccc(-n5c6ccccc6c6ccccc65)cc4)cc4c2B3c2ccc(-n3c5ccc(C(C)(C)C)cc5c5cc(C(C)(C)C)ccc53)cc2N4c2cc(-c3ccccc3)cc(-c3ccccc3)c2)c1. The topological polar surface area (TPSA) is 19.6 Å². The summed E-state index contributed by atoms with van der Waals surface area (Å²) in [4.78, 5) is 7.85. The first-order valence-corrected chi connectivity index (χ1v) is 40.2. The molecule has 0 radical (unpaired) electrons. The highest BCUT2D eigenvalue weighted by atomic mass is 15.2. The van der Waals surface area contributed by atoms with Gasteiger partial charge in [-0.2, -0.15) is 0 Å². The molecule has 5 nitrogen and oxygen atoms in total. The van der Waals surface area contributed by atoms with Crippen LogP contribution in [0.5, 0.6) is 0 Å². The second-order valence-corrected chi connectivity index (χ2v) is 34.1. The lowest BCUT2D eigenvalue weighted by atomic mass is 9.33. The van der Waals surface area contributed by atoms with Gasteiger partial charge >= 0.3 is 0 Å². The van der Waals surface area contributed by atoms with E-state index < -0.39 is 0 Å². The molecule has 2 aliphatic heterocycles. The molecule has 0 amide bonds. The van der Waals surface area contributed by atoms with E-state index >= 15 is 0 Å². The lowest BCUT2D eigenvalue weighted by Crippen LogP contribution is -2.61. The predicted molar refractivity (Wildman–Crippen MR) is 487 cm³/mol. The molecule has 0 fully saturated rings. The van der Waals surface area contributed by atoms with Crippen LogP contribution in [0.4, 0.5) is 51.2 Å². The normalized spacial score (nSPS) is 12.7. The summed E-state index contributed by atoms with van der Waals surface area (Å²) in [5.74, 6) is 0. The maximum absolute atomic E-state index is 2.69. The van der Waals surface area contributed by atoms with E-state index in [4.69, 9.17) is 0 Å². The Labute approximate surface area is 669 Å². The number of hydrogen-bond donors (Lipinski definition) is 0. The van der Waals surface area contributed by atoms with Crippen molar-refractivity contribution < 1.29 is 0 Å². The molecule has 0 saturated heterocycles. The Balaban J connectivity index is 0.938. The molecular weight excluding hydrogens is 1380 g/mol. The molecule has 18 aromatic rings. The molecule has 0 N–H and O–H groups in total. The van der Waals surface area contributed by atoms with Gasteiger partial charge in [-0.3, -0.25) is 0 Å². The van der Waals surface area contributed by atoms with E-state index in [9.17, 15) is 0 Å². The molecule has 2 aliphatic rings. The highest BCUT2D eigenvalue weighted by Gasteiger charge is 2.46. The minimum atomic E-state index is -0.280. The second kappa shape index (κ2) is 27.2. The van der Waals surface area contributed by atoms with E-state index in [0.717, 1.165) is 113 Å². The first-order valence-electron chi connectivity index (χ1n) is 40.2.